The fourth-order valence-corrected chi connectivity index (χ4v) is 2.62. The maximum Gasteiger partial charge on any atom is 0.191 e. The van der Waals surface area contributed by atoms with Crippen LogP contribution in [0.3, 0.4) is 0 Å². The molecule has 0 aromatic rings. The van der Waals surface area contributed by atoms with Crippen molar-refractivity contribution in [1.82, 2.24) is 10.6 Å². The number of guanidine groups is 1. The summed E-state index contributed by atoms with van der Waals surface area (Å²) in [5.41, 5.74) is 0. The number of aliphatic imine (C=N–C) groups is 1. The minimum Gasteiger partial charge on any atom is -0.381 e. The molecular weight excluding hydrogens is 361 g/mol. The fraction of sp³-hybridized carbons (Fsp3) is 0.750. The first-order valence-corrected chi connectivity index (χ1v) is 7.17. The van der Waals surface area contributed by atoms with Gasteiger partial charge in [-0.15, -0.1) is 30.6 Å². The van der Waals surface area contributed by atoms with Gasteiger partial charge in [0.2, 0.25) is 0 Å². The van der Waals surface area contributed by atoms with Crippen molar-refractivity contribution in [2.75, 3.05) is 39.6 Å². The lowest BCUT2D eigenvalue weighted by Gasteiger charge is -2.36. The van der Waals surface area contributed by atoms with Crippen LogP contribution in [0.5, 0.6) is 0 Å². The molecule has 106 valence electrons. The van der Waals surface area contributed by atoms with Crippen LogP contribution in [0.15, 0.2) is 17.6 Å². The Bertz CT molecular complexity index is 268. The van der Waals surface area contributed by atoms with E-state index in [0.717, 1.165) is 45.1 Å². The second-order valence-electron chi connectivity index (χ2n) is 4.09. The second kappa shape index (κ2) is 9.91. The van der Waals surface area contributed by atoms with E-state index in [1.807, 2.05) is 17.8 Å². The number of thioether (sulfide) groups is 1. The summed E-state index contributed by atoms with van der Waals surface area (Å²) >= 11 is 1.92. The molecule has 2 N–H and O–H groups in total. The summed E-state index contributed by atoms with van der Waals surface area (Å²) in [5, 5.41) is 6.56. The van der Waals surface area contributed by atoms with Gasteiger partial charge < -0.3 is 15.4 Å². The van der Waals surface area contributed by atoms with Crippen molar-refractivity contribution in [3.8, 4) is 0 Å². The Morgan fingerprint density at radius 2 is 2.11 bits per heavy atom. The quantitative estimate of drug-likeness (QED) is 0.328. The highest BCUT2D eigenvalue weighted by molar-refractivity contribution is 14.0. The van der Waals surface area contributed by atoms with Crippen LogP contribution >= 0.6 is 35.7 Å². The number of rotatable bonds is 5. The van der Waals surface area contributed by atoms with Crippen LogP contribution in [-0.4, -0.2) is 50.3 Å². The highest BCUT2D eigenvalue weighted by Crippen LogP contribution is 2.32. The molecule has 0 amide bonds. The molecule has 1 rings (SSSR count). The van der Waals surface area contributed by atoms with Gasteiger partial charge in [-0.25, -0.2) is 0 Å². The molecule has 0 aromatic heterocycles. The van der Waals surface area contributed by atoms with Gasteiger partial charge >= 0.3 is 0 Å². The predicted molar refractivity (Wildman–Crippen MR) is 91.3 cm³/mol. The Kier molecular flexibility index (Phi) is 9.94. The molecule has 1 aliphatic heterocycles. The van der Waals surface area contributed by atoms with Gasteiger partial charge in [-0.1, -0.05) is 6.08 Å². The van der Waals surface area contributed by atoms with E-state index in [1.165, 1.54) is 0 Å². The normalized spacial score (nSPS) is 18.7. The van der Waals surface area contributed by atoms with Gasteiger partial charge in [0.1, 0.15) is 0 Å². The van der Waals surface area contributed by atoms with Crippen LogP contribution < -0.4 is 10.6 Å². The number of ether oxygens (including phenoxy) is 1. The van der Waals surface area contributed by atoms with Crippen LogP contribution in [0.1, 0.15) is 12.8 Å². The second-order valence-corrected chi connectivity index (χ2v) is 5.37. The summed E-state index contributed by atoms with van der Waals surface area (Å²) in [6, 6.07) is 0. The van der Waals surface area contributed by atoms with Gasteiger partial charge in [0.15, 0.2) is 5.96 Å². The van der Waals surface area contributed by atoms with Crippen molar-refractivity contribution in [2.24, 2.45) is 4.99 Å². The molecule has 0 aliphatic carbocycles. The Morgan fingerprint density at radius 3 is 2.61 bits per heavy atom. The summed E-state index contributed by atoms with van der Waals surface area (Å²) in [7, 11) is 1.79. The minimum absolute atomic E-state index is 0. The Balaban J connectivity index is 0.00000289. The third-order valence-corrected chi connectivity index (χ3v) is 4.47. The number of hydrogen-bond donors (Lipinski definition) is 2. The van der Waals surface area contributed by atoms with E-state index in [-0.39, 0.29) is 28.7 Å². The molecule has 1 fully saturated rings. The van der Waals surface area contributed by atoms with Crippen LogP contribution in [0.25, 0.3) is 0 Å². The van der Waals surface area contributed by atoms with E-state index in [0.29, 0.717) is 0 Å². The van der Waals surface area contributed by atoms with Gasteiger partial charge in [0.25, 0.3) is 0 Å². The molecule has 4 nitrogen and oxygen atoms in total. The molecule has 0 radical (unpaired) electrons. The van der Waals surface area contributed by atoms with Crippen LogP contribution in [0.2, 0.25) is 0 Å². The van der Waals surface area contributed by atoms with Crippen molar-refractivity contribution >= 4 is 41.7 Å². The average Bonchev–Trinajstić information content (AvgIpc) is 2.40. The predicted octanol–water partition coefficient (Wildman–Crippen LogP) is 1.87. The van der Waals surface area contributed by atoms with Crippen LogP contribution in [0, 0.1) is 0 Å². The van der Waals surface area contributed by atoms with Crippen molar-refractivity contribution in [3.63, 3.8) is 0 Å². The van der Waals surface area contributed by atoms with Crippen LogP contribution in [0.4, 0.5) is 0 Å². The third-order valence-electron chi connectivity index (χ3n) is 3.05. The first kappa shape index (κ1) is 18.0. The Hall–Kier alpha value is 0.0500. The summed E-state index contributed by atoms with van der Waals surface area (Å²) in [5.74, 6) is 0.838. The Morgan fingerprint density at radius 1 is 1.44 bits per heavy atom. The van der Waals surface area contributed by atoms with Gasteiger partial charge in [0, 0.05) is 38.1 Å². The zero-order valence-electron chi connectivity index (χ0n) is 11.2. The molecule has 1 aliphatic rings. The molecule has 0 atom stereocenters. The van der Waals surface area contributed by atoms with Crippen molar-refractivity contribution in [2.45, 2.75) is 17.6 Å². The smallest absolute Gasteiger partial charge is 0.191 e. The molecule has 0 bridgehead atoms. The number of hydrogen-bond acceptors (Lipinski definition) is 3. The highest BCUT2D eigenvalue weighted by atomic mass is 127. The van der Waals surface area contributed by atoms with E-state index in [1.54, 1.807) is 7.05 Å². The topological polar surface area (TPSA) is 45.7 Å². The average molecular weight is 385 g/mol. The zero-order chi connectivity index (χ0) is 12.6. The monoisotopic (exact) mass is 385 g/mol. The van der Waals surface area contributed by atoms with Crippen LogP contribution in [-0.2, 0) is 4.74 Å². The van der Waals surface area contributed by atoms with Gasteiger partial charge in [0.05, 0.1) is 0 Å². The first-order valence-electron chi connectivity index (χ1n) is 5.94. The summed E-state index contributed by atoms with van der Waals surface area (Å²) < 4.78 is 5.71. The molecule has 0 unspecified atom stereocenters. The molecule has 0 aromatic carbocycles. The number of nitrogens with zero attached hydrogens (tertiary/aromatic N) is 1. The minimum atomic E-state index is 0. The lowest BCUT2D eigenvalue weighted by atomic mass is 9.99. The fourth-order valence-electron chi connectivity index (χ4n) is 1.83. The standard InChI is InChI=1S/C12H23N3OS.HI/c1-4-7-14-11(13-2)15-10-12(17-3)5-8-16-9-6-12;/h4H,1,5-10H2,2-3H3,(H2,13,14,15);1H. The largest absolute Gasteiger partial charge is 0.381 e. The lowest BCUT2D eigenvalue weighted by Crippen LogP contribution is -2.47. The molecule has 1 heterocycles. The van der Waals surface area contributed by atoms with E-state index < -0.39 is 0 Å². The molecule has 0 spiro atoms. The first-order chi connectivity index (χ1) is 8.26. The van der Waals surface area contributed by atoms with Gasteiger partial charge in [-0.05, 0) is 19.1 Å². The van der Waals surface area contributed by atoms with E-state index in [2.05, 4.69) is 28.5 Å². The summed E-state index contributed by atoms with van der Waals surface area (Å²) in [4.78, 5) is 4.18. The van der Waals surface area contributed by atoms with Gasteiger partial charge in [-0.3, -0.25) is 4.99 Å². The van der Waals surface area contributed by atoms with E-state index in [9.17, 15) is 0 Å². The summed E-state index contributed by atoms with van der Waals surface area (Å²) in [6.07, 6.45) is 6.19. The maximum absolute atomic E-state index is 5.42. The molecule has 18 heavy (non-hydrogen) atoms. The third kappa shape index (κ3) is 5.79. The van der Waals surface area contributed by atoms with E-state index in [4.69, 9.17) is 4.74 Å². The zero-order valence-corrected chi connectivity index (χ0v) is 14.3. The molecule has 0 saturated carbocycles. The lowest BCUT2D eigenvalue weighted by molar-refractivity contribution is 0.0783. The maximum atomic E-state index is 5.42. The SMILES string of the molecule is C=CCNC(=NC)NCC1(SC)CCOCC1.I. The Labute approximate surface area is 131 Å². The molecular formula is C12H24IN3OS. The molecule has 6 heteroatoms. The van der Waals surface area contributed by atoms with Crippen molar-refractivity contribution in [3.05, 3.63) is 12.7 Å². The number of halogens is 1. The van der Waals surface area contributed by atoms with Gasteiger partial charge in [-0.2, -0.15) is 11.8 Å². The molecule has 1 saturated heterocycles. The van der Waals surface area contributed by atoms with Crippen molar-refractivity contribution < 1.29 is 4.74 Å². The summed E-state index contributed by atoms with van der Waals surface area (Å²) in [6.45, 7) is 7.06. The van der Waals surface area contributed by atoms with E-state index >= 15 is 0 Å². The number of nitrogens with one attached hydrogen (secondary N) is 2. The van der Waals surface area contributed by atoms with Crippen molar-refractivity contribution in [1.29, 1.82) is 0 Å². The highest BCUT2D eigenvalue weighted by Gasteiger charge is 2.31.